The van der Waals surface area contributed by atoms with Gasteiger partial charge < -0.3 is 10.0 Å². The third-order valence-corrected chi connectivity index (χ3v) is 2.10. The van der Waals surface area contributed by atoms with E-state index in [9.17, 15) is 4.79 Å². The number of benzene rings is 1. The predicted molar refractivity (Wildman–Crippen MR) is 63.8 cm³/mol. The van der Waals surface area contributed by atoms with Crippen LogP contribution < -0.4 is 4.90 Å². The molecule has 1 rings (SSSR count). The Bertz CT molecular complexity index is 290. The van der Waals surface area contributed by atoms with Crippen LogP contribution in [-0.4, -0.2) is 24.2 Å². The zero-order chi connectivity index (χ0) is 10.4. The third kappa shape index (κ3) is 4.70. The summed E-state index contributed by atoms with van der Waals surface area (Å²) in [5.41, 5.74) is 1.08. The van der Waals surface area contributed by atoms with Crippen LogP contribution in [0.2, 0.25) is 0 Å². The summed E-state index contributed by atoms with van der Waals surface area (Å²) >= 11 is 0. The van der Waals surface area contributed by atoms with Crippen molar-refractivity contribution < 1.29 is 9.90 Å². The molecule has 0 aromatic heterocycles. The van der Waals surface area contributed by atoms with Crippen molar-refractivity contribution in [1.82, 2.24) is 0 Å². The van der Waals surface area contributed by atoms with E-state index in [1.807, 2.05) is 42.2 Å². The van der Waals surface area contributed by atoms with Crippen LogP contribution in [0.5, 0.6) is 0 Å². The lowest BCUT2D eigenvalue weighted by molar-refractivity contribution is -0.136. The van der Waals surface area contributed by atoms with Crippen LogP contribution in [0.25, 0.3) is 0 Å². The van der Waals surface area contributed by atoms with Crippen LogP contribution in [0.1, 0.15) is 13.3 Å². The maximum atomic E-state index is 10.4. The van der Waals surface area contributed by atoms with Crippen molar-refractivity contribution >= 4 is 24.1 Å². The van der Waals surface area contributed by atoms with Gasteiger partial charge in [0.2, 0.25) is 0 Å². The Morgan fingerprint density at radius 2 is 1.93 bits per heavy atom. The van der Waals surface area contributed by atoms with Crippen molar-refractivity contribution in [3.63, 3.8) is 0 Å². The molecule has 0 radical (unpaired) electrons. The van der Waals surface area contributed by atoms with Crippen LogP contribution in [0.3, 0.4) is 0 Å². The van der Waals surface area contributed by atoms with E-state index in [1.165, 1.54) is 0 Å². The predicted octanol–water partition coefficient (Wildman–Crippen LogP) is 2.41. The number of hydrogen-bond acceptors (Lipinski definition) is 2. The number of halogens is 1. The number of carbonyl (C=O) groups is 1. The fraction of sp³-hybridized carbons (Fsp3) is 0.364. The minimum absolute atomic E-state index is 0. The molecule has 0 atom stereocenters. The van der Waals surface area contributed by atoms with Gasteiger partial charge in [0.1, 0.15) is 0 Å². The van der Waals surface area contributed by atoms with Gasteiger partial charge in [-0.05, 0) is 19.1 Å². The first-order valence-electron chi connectivity index (χ1n) is 4.76. The number of aliphatic carboxylic acids is 1. The Morgan fingerprint density at radius 3 is 2.40 bits per heavy atom. The lowest BCUT2D eigenvalue weighted by Crippen LogP contribution is -2.25. The van der Waals surface area contributed by atoms with Gasteiger partial charge in [-0.25, -0.2) is 0 Å². The van der Waals surface area contributed by atoms with Crippen LogP contribution in [0.4, 0.5) is 5.69 Å². The van der Waals surface area contributed by atoms with Gasteiger partial charge in [0.25, 0.3) is 0 Å². The van der Waals surface area contributed by atoms with E-state index in [0.717, 1.165) is 12.2 Å². The van der Waals surface area contributed by atoms with Crippen LogP contribution in [0, 0.1) is 0 Å². The number of rotatable bonds is 5. The molecular formula is C11H16ClNO2. The van der Waals surface area contributed by atoms with Gasteiger partial charge in [-0.3, -0.25) is 4.79 Å². The second kappa shape index (κ2) is 7.12. The number of hydrogen-bond donors (Lipinski definition) is 1. The Labute approximate surface area is 96.1 Å². The zero-order valence-corrected chi connectivity index (χ0v) is 9.54. The lowest BCUT2D eigenvalue weighted by atomic mass is 10.2. The highest BCUT2D eigenvalue weighted by molar-refractivity contribution is 5.85. The Hall–Kier alpha value is -1.22. The Balaban J connectivity index is 0.00000196. The molecule has 1 aromatic rings. The van der Waals surface area contributed by atoms with Gasteiger partial charge in [0.15, 0.2) is 0 Å². The maximum absolute atomic E-state index is 10.4. The summed E-state index contributed by atoms with van der Waals surface area (Å²) in [4.78, 5) is 12.5. The third-order valence-electron chi connectivity index (χ3n) is 2.10. The first-order valence-corrected chi connectivity index (χ1v) is 4.76. The van der Waals surface area contributed by atoms with Crippen molar-refractivity contribution in [2.45, 2.75) is 13.3 Å². The number of anilines is 1. The topological polar surface area (TPSA) is 40.5 Å². The van der Waals surface area contributed by atoms with Crippen LogP contribution in [-0.2, 0) is 4.79 Å². The van der Waals surface area contributed by atoms with Gasteiger partial charge >= 0.3 is 5.97 Å². The standard InChI is InChI=1S/C11H15NO2.ClH/c1-2-12(9-8-11(13)14)10-6-4-3-5-7-10;/h3-7H,2,8-9H2,1H3,(H,13,14);1H. The second-order valence-corrected chi connectivity index (χ2v) is 3.06. The van der Waals surface area contributed by atoms with E-state index in [0.29, 0.717) is 6.54 Å². The Kier molecular flexibility index (Phi) is 6.54. The molecule has 0 bridgehead atoms. The van der Waals surface area contributed by atoms with Crippen molar-refractivity contribution in [3.8, 4) is 0 Å². The summed E-state index contributed by atoms with van der Waals surface area (Å²) in [5.74, 6) is -0.751. The first-order chi connectivity index (χ1) is 6.74. The SMILES string of the molecule is CCN(CCC(=O)O)c1ccccc1.Cl. The number of carboxylic acids is 1. The van der Waals surface area contributed by atoms with Gasteiger partial charge in [-0.1, -0.05) is 18.2 Å². The number of para-hydroxylation sites is 1. The molecule has 0 aliphatic carbocycles. The average molecular weight is 230 g/mol. The van der Waals surface area contributed by atoms with Crippen molar-refractivity contribution in [2.75, 3.05) is 18.0 Å². The van der Waals surface area contributed by atoms with E-state index in [2.05, 4.69) is 0 Å². The molecule has 3 nitrogen and oxygen atoms in total. The zero-order valence-electron chi connectivity index (χ0n) is 8.72. The number of nitrogens with zero attached hydrogens (tertiary/aromatic N) is 1. The fourth-order valence-electron chi connectivity index (χ4n) is 1.34. The molecule has 0 fully saturated rings. The molecule has 0 saturated heterocycles. The molecule has 0 spiro atoms. The minimum atomic E-state index is -0.751. The van der Waals surface area contributed by atoms with E-state index in [1.54, 1.807) is 0 Å². The summed E-state index contributed by atoms with van der Waals surface area (Å²) < 4.78 is 0. The molecule has 0 amide bonds. The first kappa shape index (κ1) is 13.8. The van der Waals surface area contributed by atoms with E-state index < -0.39 is 5.97 Å². The molecule has 84 valence electrons. The summed E-state index contributed by atoms with van der Waals surface area (Å²) in [7, 11) is 0. The molecule has 4 heteroatoms. The highest BCUT2D eigenvalue weighted by atomic mass is 35.5. The molecule has 1 N–H and O–H groups in total. The van der Waals surface area contributed by atoms with Gasteiger partial charge in [0.05, 0.1) is 6.42 Å². The minimum Gasteiger partial charge on any atom is -0.481 e. The van der Waals surface area contributed by atoms with Crippen LogP contribution >= 0.6 is 12.4 Å². The Morgan fingerprint density at radius 1 is 1.33 bits per heavy atom. The van der Waals surface area contributed by atoms with Crippen molar-refractivity contribution in [1.29, 1.82) is 0 Å². The monoisotopic (exact) mass is 229 g/mol. The molecule has 0 aliphatic rings. The van der Waals surface area contributed by atoms with Crippen molar-refractivity contribution in [3.05, 3.63) is 30.3 Å². The van der Waals surface area contributed by atoms with Crippen LogP contribution in [0.15, 0.2) is 30.3 Å². The highest BCUT2D eigenvalue weighted by Crippen LogP contribution is 2.12. The smallest absolute Gasteiger partial charge is 0.305 e. The summed E-state index contributed by atoms with van der Waals surface area (Å²) in [6.07, 6.45) is 0.183. The largest absolute Gasteiger partial charge is 0.481 e. The second-order valence-electron chi connectivity index (χ2n) is 3.06. The molecule has 0 unspecified atom stereocenters. The maximum Gasteiger partial charge on any atom is 0.305 e. The van der Waals surface area contributed by atoms with Gasteiger partial charge in [-0.15, -0.1) is 12.4 Å². The molecule has 15 heavy (non-hydrogen) atoms. The average Bonchev–Trinajstić information content (AvgIpc) is 2.20. The molecule has 0 aliphatic heterocycles. The molecule has 0 heterocycles. The highest BCUT2D eigenvalue weighted by Gasteiger charge is 2.05. The fourth-order valence-corrected chi connectivity index (χ4v) is 1.34. The van der Waals surface area contributed by atoms with Gasteiger partial charge in [-0.2, -0.15) is 0 Å². The quantitative estimate of drug-likeness (QED) is 0.843. The molecule has 0 saturated carbocycles. The molecular weight excluding hydrogens is 214 g/mol. The van der Waals surface area contributed by atoms with E-state index in [-0.39, 0.29) is 18.8 Å². The summed E-state index contributed by atoms with van der Waals surface area (Å²) in [6.45, 7) is 3.42. The summed E-state index contributed by atoms with van der Waals surface area (Å²) in [6, 6.07) is 9.85. The van der Waals surface area contributed by atoms with E-state index in [4.69, 9.17) is 5.11 Å². The number of carboxylic acid groups (broad SMARTS) is 1. The molecule has 1 aromatic carbocycles. The van der Waals surface area contributed by atoms with Crippen molar-refractivity contribution in [2.24, 2.45) is 0 Å². The lowest BCUT2D eigenvalue weighted by Gasteiger charge is -2.21. The summed E-state index contributed by atoms with van der Waals surface area (Å²) in [5, 5.41) is 8.58. The van der Waals surface area contributed by atoms with Gasteiger partial charge in [0, 0.05) is 18.8 Å². The van der Waals surface area contributed by atoms with E-state index >= 15 is 0 Å². The normalized spacial score (nSPS) is 9.13.